The molecule has 91 heavy (non-hydrogen) atoms. The summed E-state index contributed by atoms with van der Waals surface area (Å²) in [6.07, 6.45) is 12.2. The topological polar surface area (TPSA) is 328 Å². The molecule has 12 bridgehead atoms. The lowest BCUT2D eigenvalue weighted by molar-refractivity contribution is 0.0295. The fourth-order valence-corrected chi connectivity index (χ4v) is 38.8. The number of hydrogen-bond donors (Lipinski definition) is 0. The monoisotopic (exact) mass is 1440 g/mol. The summed E-state index contributed by atoms with van der Waals surface area (Å²) >= 11 is 0. The maximum Gasteiger partial charge on any atom is 0.271 e. The molecule has 20 aliphatic rings. The molecular weight excluding hydrogens is 1340 g/mol. The van der Waals surface area contributed by atoms with Gasteiger partial charge in [0.2, 0.25) is 0 Å². The minimum absolute atomic E-state index is 0.00579. The molecule has 31 atom stereocenters. The Labute approximate surface area is 542 Å². The van der Waals surface area contributed by atoms with Crippen LogP contribution in [0.25, 0.3) is 0 Å². The summed E-state index contributed by atoms with van der Waals surface area (Å²) in [5.74, 6) is 9.78. The third-order valence-electron chi connectivity index (χ3n) is 28.0. The van der Waals surface area contributed by atoms with Crippen LogP contribution >= 0.6 is 0 Å². The number of ether oxygens (including phenoxy) is 1. The van der Waals surface area contributed by atoms with Crippen molar-refractivity contribution in [1.29, 1.82) is 0 Å². The van der Waals surface area contributed by atoms with E-state index in [1.54, 1.807) is 6.92 Å². The molecule has 0 aromatic rings. The van der Waals surface area contributed by atoms with Gasteiger partial charge in [0.05, 0.1) is 102 Å². The molecule has 10 saturated carbocycles. The van der Waals surface area contributed by atoms with Crippen LogP contribution in [0.3, 0.4) is 0 Å². The Morgan fingerprint density at radius 3 is 1.48 bits per heavy atom. The van der Waals surface area contributed by atoms with Crippen LogP contribution in [0, 0.1) is 111 Å². The largest absolute Gasteiger partial charge is 0.373 e. The summed E-state index contributed by atoms with van der Waals surface area (Å²) in [6.45, 7) is 22.9. The van der Waals surface area contributed by atoms with Crippen LogP contribution in [0.5, 0.6) is 0 Å². The normalized spacial score (nSPS) is 55.2. The number of sulfone groups is 3. The van der Waals surface area contributed by atoms with Crippen LogP contribution in [0.15, 0.2) is 0 Å². The molecule has 10 heterocycles. The van der Waals surface area contributed by atoms with E-state index in [4.69, 9.17) is 21.5 Å². The second kappa shape index (κ2) is 22.4. The lowest BCUT2D eigenvalue weighted by Gasteiger charge is -2.32. The Morgan fingerprint density at radius 1 is 0.407 bits per heavy atom. The van der Waals surface area contributed by atoms with Crippen LogP contribution in [0.4, 0.5) is 0 Å². The summed E-state index contributed by atoms with van der Waals surface area (Å²) in [5, 5.41) is -0.760. The first-order chi connectivity index (χ1) is 41.8. The Hall–Kier alpha value is -0.640. The molecule has 22 nitrogen and oxygen atoms in total. The molecule has 31 unspecified atom stereocenters. The standard InChI is InChI=1S/3C9H14O3S.C9H14O2S.2C8H12O3S.C5H10O2S.C4H8O3S/c1-9(2)5-3-6-7(4-5)13(10,11)12-8(6)9;1-5-8-6-3-9(5,2)4-7(6)13(10,11)12-8;1-5-6-3-7-8(4-6)13(10,11)12-9(5,7)2;1-5-6-2-7-8(5)4-12(10,11)9(7)3-6;1-4-5-3-12(9,10)7-2-6(4)11-8(5)7;1-4-5-2-6-7(3-5)12(9,10)11-8(4)6;1-5-2-3-8(6,7)4-5;1-4-2-3-8(5,6)7-4/h3*5-8H,3-4H2,1-2H3;5-9H,2-4H2,1H3;2*4-8H,2-3H2,1H3;5H,2-4H2,1H3;4H,2-3H2,1H3. The zero-order chi connectivity index (χ0) is 66.2. The Bertz CT molecular complexity index is 3650. The highest BCUT2D eigenvalue weighted by atomic mass is 32.2. The van der Waals surface area contributed by atoms with E-state index in [-0.39, 0.29) is 96.2 Å². The summed E-state index contributed by atoms with van der Waals surface area (Å²) < 4.78 is 212. The molecule has 522 valence electrons. The molecule has 20 rings (SSSR count). The third kappa shape index (κ3) is 11.4. The molecule has 10 aliphatic carbocycles. The second-order valence-corrected chi connectivity index (χ2v) is 48.7. The first-order valence-corrected chi connectivity index (χ1v) is 46.4. The van der Waals surface area contributed by atoms with E-state index in [1.807, 2.05) is 13.8 Å². The zero-order valence-electron chi connectivity index (χ0n) is 54.2. The highest BCUT2D eigenvalue weighted by Gasteiger charge is 2.71. The van der Waals surface area contributed by atoms with Gasteiger partial charge in [0.25, 0.3) is 50.6 Å². The van der Waals surface area contributed by atoms with Crippen molar-refractivity contribution < 1.29 is 93.0 Å². The van der Waals surface area contributed by atoms with Gasteiger partial charge in [0.15, 0.2) is 29.5 Å². The Balaban J connectivity index is 0.0000000957. The molecule has 0 amide bonds. The summed E-state index contributed by atoms with van der Waals surface area (Å²) in [7, 11) is -23.9. The van der Waals surface area contributed by atoms with Gasteiger partial charge in [-0.25, -0.2) is 25.3 Å². The highest BCUT2D eigenvalue weighted by Crippen LogP contribution is 2.66. The van der Waals surface area contributed by atoms with Gasteiger partial charge in [-0.15, -0.1) is 0 Å². The molecule has 10 saturated heterocycles. The molecule has 0 aromatic heterocycles. The van der Waals surface area contributed by atoms with Gasteiger partial charge in [0.1, 0.15) is 0 Å². The van der Waals surface area contributed by atoms with Crippen molar-refractivity contribution in [2.75, 3.05) is 28.8 Å². The molecule has 0 radical (unpaired) electrons. The molecule has 0 N–H and O–H groups in total. The lowest BCUT2D eigenvalue weighted by Crippen LogP contribution is -2.38. The van der Waals surface area contributed by atoms with Gasteiger partial charge in [-0.3, -0.25) is 20.9 Å². The SMILES string of the molecule is CC1(C)C2CC3C1OS(=O)(=O)C3C2.CC1C2CC3C(C2)S(=O)(=O)OC13C.CC1C2CC3C(O2)C1CS3(=O)=O.CC1C2CC3C1CS(=O)(=O)C3C2.CC1C2CC3C1OS(=O)(=O)C3C2.CC1C2OS(=O)(=O)C3CC1(C)CC23.CC1CCS(=O)(=O)C1.CC1CCS(=O)(=O)O1. The van der Waals surface area contributed by atoms with E-state index in [0.29, 0.717) is 118 Å². The Kier molecular flexibility index (Phi) is 17.0. The summed E-state index contributed by atoms with van der Waals surface area (Å²) in [5.41, 5.74) is -0.0687. The lowest BCUT2D eigenvalue weighted by atomic mass is 9.74. The average Bonchev–Trinajstić information content (AvgIpc) is 1.56. The van der Waals surface area contributed by atoms with Gasteiger partial charge in [-0.2, -0.15) is 42.1 Å². The van der Waals surface area contributed by atoms with E-state index in [2.05, 4.69) is 59.6 Å². The Morgan fingerprint density at radius 2 is 1.00 bits per heavy atom. The van der Waals surface area contributed by atoms with E-state index < -0.39 is 80.1 Å². The van der Waals surface area contributed by atoms with E-state index >= 15 is 0 Å². The van der Waals surface area contributed by atoms with Crippen LogP contribution in [-0.4, -0.2) is 170 Å². The van der Waals surface area contributed by atoms with Crippen molar-refractivity contribution in [3.63, 3.8) is 0 Å². The average molecular weight is 1440 g/mol. The summed E-state index contributed by atoms with van der Waals surface area (Å²) in [4.78, 5) is 0. The minimum atomic E-state index is -3.22. The predicted octanol–water partition coefficient (Wildman–Crippen LogP) is 6.06. The molecule has 0 aromatic carbocycles. The smallest absolute Gasteiger partial charge is 0.271 e. The number of hydrogen-bond acceptors (Lipinski definition) is 22. The zero-order valence-corrected chi connectivity index (χ0v) is 60.8. The maximum atomic E-state index is 11.6. The van der Waals surface area contributed by atoms with Gasteiger partial charge in [-0.1, -0.05) is 62.3 Å². The summed E-state index contributed by atoms with van der Waals surface area (Å²) in [6, 6.07) is 0. The minimum Gasteiger partial charge on any atom is -0.373 e. The van der Waals surface area contributed by atoms with Crippen molar-refractivity contribution in [2.24, 2.45) is 111 Å². The third-order valence-corrected chi connectivity index (χ3v) is 42.9. The van der Waals surface area contributed by atoms with Crippen molar-refractivity contribution in [1.82, 2.24) is 0 Å². The molecule has 0 spiro atoms. The van der Waals surface area contributed by atoms with E-state index in [9.17, 15) is 67.3 Å². The van der Waals surface area contributed by atoms with Crippen molar-refractivity contribution in [3.05, 3.63) is 0 Å². The molecule has 20 fully saturated rings. The van der Waals surface area contributed by atoms with Gasteiger partial charge < -0.3 is 4.74 Å². The van der Waals surface area contributed by atoms with Crippen LogP contribution in [0.1, 0.15) is 160 Å². The molecule has 10 aliphatic heterocycles. The van der Waals surface area contributed by atoms with E-state index in [0.717, 1.165) is 76.5 Å². The fraction of sp³-hybridized carbons (Fsp3) is 1.00. The molecular formula is C61H98O22S8. The fourth-order valence-electron chi connectivity index (χ4n) is 22.3. The van der Waals surface area contributed by atoms with Crippen LogP contribution in [0.2, 0.25) is 0 Å². The quantitative estimate of drug-likeness (QED) is 0.249. The first-order valence-electron chi connectivity index (χ1n) is 33.7. The second-order valence-electron chi connectivity index (χ2n) is 33.1. The van der Waals surface area contributed by atoms with Crippen molar-refractivity contribution in [2.45, 2.75) is 233 Å². The highest BCUT2D eigenvalue weighted by molar-refractivity contribution is 7.93. The van der Waals surface area contributed by atoms with E-state index in [1.165, 1.54) is 6.42 Å². The van der Waals surface area contributed by atoms with Crippen LogP contribution in [-0.2, 0) is 106 Å². The predicted molar refractivity (Wildman–Crippen MR) is 337 cm³/mol. The molecule has 30 heteroatoms. The van der Waals surface area contributed by atoms with Gasteiger partial charge in [-0.05, 0) is 179 Å². The van der Waals surface area contributed by atoms with Crippen molar-refractivity contribution in [3.8, 4) is 0 Å². The van der Waals surface area contributed by atoms with Crippen LogP contribution < -0.4 is 0 Å². The van der Waals surface area contributed by atoms with Gasteiger partial charge in [0, 0.05) is 29.6 Å². The van der Waals surface area contributed by atoms with Crippen molar-refractivity contribution >= 4 is 80.1 Å². The number of rotatable bonds is 0. The number of fused-ring (bicyclic) bond motifs is 6. The van der Waals surface area contributed by atoms with Gasteiger partial charge >= 0.3 is 0 Å². The first kappa shape index (κ1) is 68.9. The maximum absolute atomic E-state index is 11.6.